The number of benzene rings is 1. The van der Waals surface area contributed by atoms with Crippen molar-refractivity contribution in [1.29, 1.82) is 0 Å². The van der Waals surface area contributed by atoms with Crippen molar-refractivity contribution in [3.63, 3.8) is 0 Å². The number of halogens is 2. The second-order valence-corrected chi connectivity index (χ2v) is 4.86. The van der Waals surface area contributed by atoms with Crippen LogP contribution in [0.15, 0.2) is 28.9 Å². The molecule has 1 N–H and O–H groups in total. The fourth-order valence-electron chi connectivity index (χ4n) is 1.44. The molecule has 5 heteroatoms. The topological polar surface area (TPSA) is 29.9 Å². The number of hydrogen-bond acceptors (Lipinski definition) is 2. The molecule has 3 nitrogen and oxygen atoms in total. The summed E-state index contributed by atoms with van der Waals surface area (Å²) in [5, 5.41) is 3.94. The lowest BCUT2D eigenvalue weighted by Gasteiger charge is -2.08. The fourth-order valence-corrected chi connectivity index (χ4v) is 2.23. The van der Waals surface area contributed by atoms with Gasteiger partial charge in [-0.2, -0.15) is 0 Å². The van der Waals surface area contributed by atoms with Crippen molar-refractivity contribution in [2.45, 2.75) is 6.92 Å². The van der Waals surface area contributed by atoms with Crippen LogP contribution in [0.1, 0.15) is 5.69 Å². The Bertz CT molecular complexity index is 522. The second kappa shape index (κ2) is 4.47. The smallest absolute Gasteiger partial charge is 0.207 e. The Hall–Kier alpha value is -1.000. The third kappa shape index (κ3) is 2.39. The standard InChI is InChI=1S/C11H11BrClN3/c1-7-6-16(2)11(14-7)15-10-4-3-8(13)5-9(10)12/h3-6H,1-2H3,(H,14,15). The molecule has 0 fully saturated rings. The van der Waals surface area contributed by atoms with Gasteiger partial charge in [0.25, 0.3) is 0 Å². The molecule has 1 heterocycles. The van der Waals surface area contributed by atoms with Crippen LogP contribution in [0.25, 0.3) is 0 Å². The van der Waals surface area contributed by atoms with Gasteiger partial charge in [0, 0.05) is 22.7 Å². The minimum atomic E-state index is 0.702. The van der Waals surface area contributed by atoms with Crippen LogP contribution < -0.4 is 5.32 Å². The average Bonchev–Trinajstić information content (AvgIpc) is 2.50. The van der Waals surface area contributed by atoms with Gasteiger partial charge in [-0.3, -0.25) is 0 Å². The van der Waals surface area contributed by atoms with Gasteiger partial charge in [-0.1, -0.05) is 11.6 Å². The number of anilines is 2. The van der Waals surface area contributed by atoms with E-state index in [1.807, 2.05) is 42.9 Å². The number of hydrogen-bond donors (Lipinski definition) is 1. The van der Waals surface area contributed by atoms with Crippen molar-refractivity contribution in [3.8, 4) is 0 Å². The second-order valence-electron chi connectivity index (χ2n) is 3.57. The largest absolute Gasteiger partial charge is 0.325 e. The van der Waals surface area contributed by atoms with Crippen LogP contribution in [0.5, 0.6) is 0 Å². The molecule has 0 atom stereocenters. The van der Waals surface area contributed by atoms with Gasteiger partial charge in [0.1, 0.15) is 0 Å². The Labute approximate surface area is 108 Å². The highest BCUT2D eigenvalue weighted by Crippen LogP contribution is 2.28. The van der Waals surface area contributed by atoms with Crippen LogP contribution >= 0.6 is 27.5 Å². The molecular formula is C11H11BrClN3. The molecule has 0 saturated carbocycles. The number of aromatic nitrogens is 2. The third-order valence-electron chi connectivity index (χ3n) is 2.17. The number of nitrogens with zero attached hydrogens (tertiary/aromatic N) is 2. The van der Waals surface area contributed by atoms with Crippen molar-refractivity contribution in [3.05, 3.63) is 39.6 Å². The molecule has 0 aliphatic heterocycles. The van der Waals surface area contributed by atoms with Crippen LogP contribution in [-0.2, 0) is 7.05 Å². The zero-order valence-corrected chi connectivity index (χ0v) is 11.3. The van der Waals surface area contributed by atoms with E-state index in [0.717, 1.165) is 21.8 Å². The SMILES string of the molecule is Cc1cn(C)c(Nc2ccc(Cl)cc2Br)n1. The van der Waals surface area contributed by atoms with E-state index in [9.17, 15) is 0 Å². The van der Waals surface area contributed by atoms with Crippen molar-refractivity contribution >= 4 is 39.2 Å². The monoisotopic (exact) mass is 299 g/mol. The first-order valence-corrected chi connectivity index (χ1v) is 5.95. The first-order chi connectivity index (χ1) is 7.56. The quantitative estimate of drug-likeness (QED) is 0.912. The highest BCUT2D eigenvalue weighted by Gasteiger charge is 2.05. The van der Waals surface area contributed by atoms with Crippen molar-refractivity contribution in [2.75, 3.05) is 5.32 Å². The minimum absolute atomic E-state index is 0.702. The van der Waals surface area contributed by atoms with Crippen LogP contribution in [0.3, 0.4) is 0 Å². The van der Waals surface area contributed by atoms with Gasteiger partial charge in [-0.25, -0.2) is 4.98 Å². The predicted octanol–water partition coefficient (Wildman–Crippen LogP) is 3.89. The molecule has 0 aliphatic rings. The summed E-state index contributed by atoms with van der Waals surface area (Å²) in [7, 11) is 1.95. The maximum Gasteiger partial charge on any atom is 0.207 e. The molecule has 0 bridgehead atoms. The van der Waals surface area contributed by atoms with Crippen LogP contribution in [-0.4, -0.2) is 9.55 Å². The van der Waals surface area contributed by atoms with Crippen molar-refractivity contribution in [1.82, 2.24) is 9.55 Å². The van der Waals surface area contributed by atoms with E-state index < -0.39 is 0 Å². The normalized spacial score (nSPS) is 10.5. The Morgan fingerprint density at radius 2 is 2.19 bits per heavy atom. The van der Waals surface area contributed by atoms with Gasteiger partial charge < -0.3 is 9.88 Å². The lowest BCUT2D eigenvalue weighted by molar-refractivity contribution is 0.923. The average molecular weight is 301 g/mol. The molecule has 0 aliphatic carbocycles. The van der Waals surface area contributed by atoms with Crippen molar-refractivity contribution < 1.29 is 0 Å². The zero-order valence-electron chi connectivity index (χ0n) is 8.96. The molecule has 0 unspecified atom stereocenters. The van der Waals surface area contributed by atoms with Gasteiger partial charge in [-0.05, 0) is 41.1 Å². The van der Waals surface area contributed by atoms with Crippen molar-refractivity contribution in [2.24, 2.45) is 7.05 Å². The van der Waals surface area contributed by atoms with E-state index in [0.29, 0.717) is 5.02 Å². The number of imidazole rings is 1. The Morgan fingerprint density at radius 3 is 2.75 bits per heavy atom. The number of aryl methyl sites for hydroxylation is 2. The summed E-state index contributed by atoms with van der Waals surface area (Å²) in [5.41, 5.74) is 1.92. The molecule has 84 valence electrons. The predicted molar refractivity (Wildman–Crippen MR) is 70.4 cm³/mol. The van der Waals surface area contributed by atoms with Gasteiger partial charge in [0.15, 0.2) is 0 Å². The van der Waals surface area contributed by atoms with E-state index in [4.69, 9.17) is 11.6 Å². The van der Waals surface area contributed by atoms with Gasteiger partial charge >= 0.3 is 0 Å². The molecule has 0 amide bonds. The van der Waals surface area contributed by atoms with Gasteiger partial charge in [-0.15, -0.1) is 0 Å². The molecule has 2 aromatic rings. The molecule has 2 rings (SSSR count). The summed E-state index contributed by atoms with van der Waals surface area (Å²) < 4.78 is 2.86. The lowest BCUT2D eigenvalue weighted by atomic mass is 10.3. The van der Waals surface area contributed by atoms with E-state index in [-0.39, 0.29) is 0 Å². The molecule has 1 aromatic carbocycles. The molecule has 0 saturated heterocycles. The van der Waals surface area contributed by atoms with E-state index in [2.05, 4.69) is 26.2 Å². The molecular weight excluding hydrogens is 289 g/mol. The maximum atomic E-state index is 5.88. The number of rotatable bonds is 2. The third-order valence-corrected chi connectivity index (χ3v) is 3.07. The first-order valence-electron chi connectivity index (χ1n) is 4.78. The van der Waals surface area contributed by atoms with Gasteiger partial charge in [0.2, 0.25) is 5.95 Å². The highest BCUT2D eigenvalue weighted by atomic mass is 79.9. The summed E-state index contributed by atoms with van der Waals surface area (Å²) >= 11 is 9.33. The Kier molecular flexibility index (Phi) is 3.21. The zero-order chi connectivity index (χ0) is 11.7. The highest BCUT2D eigenvalue weighted by molar-refractivity contribution is 9.10. The summed E-state index contributed by atoms with van der Waals surface area (Å²) in [5.74, 6) is 0.806. The van der Waals surface area contributed by atoms with Crippen LogP contribution in [0.4, 0.5) is 11.6 Å². The maximum absolute atomic E-state index is 5.88. The van der Waals surface area contributed by atoms with Crippen LogP contribution in [0.2, 0.25) is 5.02 Å². The van der Waals surface area contributed by atoms with Gasteiger partial charge in [0.05, 0.1) is 11.4 Å². The lowest BCUT2D eigenvalue weighted by Crippen LogP contribution is -1.98. The van der Waals surface area contributed by atoms with E-state index >= 15 is 0 Å². The molecule has 16 heavy (non-hydrogen) atoms. The summed E-state index contributed by atoms with van der Waals surface area (Å²) in [4.78, 5) is 4.37. The van der Waals surface area contributed by atoms with E-state index in [1.54, 1.807) is 0 Å². The van der Waals surface area contributed by atoms with Crippen LogP contribution in [0, 0.1) is 6.92 Å². The minimum Gasteiger partial charge on any atom is -0.325 e. The number of nitrogens with one attached hydrogen (secondary N) is 1. The molecule has 0 spiro atoms. The Balaban J connectivity index is 2.30. The molecule has 1 aromatic heterocycles. The summed E-state index contributed by atoms with van der Waals surface area (Å²) in [6.07, 6.45) is 1.96. The first kappa shape index (κ1) is 11.5. The van der Waals surface area contributed by atoms with E-state index in [1.165, 1.54) is 0 Å². The molecule has 0 radical (unpaired) electrons. The summed E-state index contributed by atoms with van der Waals surface area (Å²) in [6, 6.07) is 5.60. The fraction of sp³-hybridized carbons (Fsp3) is 0.182. The Morgan fingerprint density at radius 1 is 1.44 bits per heavy atom. The summed E-state index contributed by atoms with van der Waals surface area (Å²) in [6.45, 7) is 1.96.